The second-order valence-electron chi connectivity index (χ2n) is 4.48. The molecule has 0 aliphatic rings. The summed E-state index contributed by atoms with van der Waals surface area (Å²) >= 11 is 9.42. The SMILES string of the molecule is CCc1cc2c(Nc3ccc(SC)cc3)nc(Cl)nc2s1. The van der Waals surface area contributed by atoms with Crippen molar-refractivity contribution in [1.29, 1.82) is 0 Å². The molecule has 108 valence electrons. The number of benzene rings is 1. The Morgan fingerprint density at radius 2 is 2.00 bits per heavy atom. The van der Waals surface area contributed by atoms with E-state index in [0.29, 0.717) is 0 Å². The number of thioether (sulfide) groups is 1. The van der Waals surface area contributed by atoms with E-state index in [1.807, 2.05) is 12.1 Å². The van der Waals surface area contributed by atoms with Crippen molar-refractivity contribution in [2.75, 3.05) is 11.6 Å². The molecular weight excluding hydrogens is 322 g/mol. The average molecular weight is 336 g/mol. The third kappa shape index (κ3) is 3.15. The van der Waals surface area contributed by atoms with E-state index in [-0.39, 0.29) is 5.28 Å². The monoisotopic (exact) mass is 335 g/mol. The number of hydrogen-bond acceptors (Lipinski definition) is 5. The van der Waals surface area contributed by atoms with Crippen molar-refractivity contribution >= 4 is 56.4 Å². The van der Waals surface area contributed by atoms with E-state index in [1.54, 1.807) is 23.1 Å². The van der Waals surface area contributed by atoms with Crippen LogP contribution in [0.15, 0.2) is 35.2 Å². The van der Waals surface area contributed by atoms with Crippen molar-refractivity contribution in [2.24, 2.45) is 0 Å². The second-order valence-corrected chi connectivity index (χ2v) is 6.81. The zero-order valence-electron chi connectivity index (χ0n) is 11.7. The highest BCUT2D eigenvalue weighted by molar-refractivity contribution is 7.98. The van der Waals surface area contributed by atoms with Crippen LogP contribution in [0.5, 0.6) is 0 Å². The molecule has 0 aliphatic carbocycles. The highest BCUT2D eigenvalue weighted by Crippen LogP contribution is 2.32. The van der Waals surface area contributed by atoms with Gasteiger partial charge in [0.15, 0.2) is 0 Å². The van der Waals surface area contributed by atoms with E-state index < -0.39 is 0 Å². The van der Waals surface area contributed by atoms with Crippen molar-refractivity contribution < 1.29 is 0 Å². The molecular formula is C15H14ClN3S2. The summed E-state index contributed by atoms with van der Waals surface area (Å²) in [6.07, 6.45) is 3.05. The smallest absolute Gasteiger partial charge is 0.225 e. The van der Waals surface area contributed by atoms with Gasteiger partial charge in [0, 0.05) is 15.5 Å². The summed E-state index contributed by atoms with van der Waals surface area (Å²) in [6.45, 7) is 2.13. The molecule has 2 aromatic heterocycles. The van der Waals surface area contributed by atoms with Crippen molar-refractivity contribution in [3.05, 3.63) is 40.5 Å². The third-order valence-corrected chi connectivity index (χ3v) is 5.20. The minimum atomic E-state index is 0.273. The van der Waals surface area contributed by atoms with Gasteiger partial charge in [0.05, 0.1) is 5.39 Å². The number of aryl methyl sites for hydroxylation is 1. The average Bonchev–Trinajstić information content (AvgIpc) is 2.91. The van der Waals surface area contributed by atoms with Gasteiger partial charge in [0.25, 0.3) is 0 Å². The second kappa shape index (κ2) is 6.22. The molecule has 1 N–H and O–H groups in total. The first-order valence-electron chi connectivity index (χ1n) is 6.56. The molecule has 0 fully saturated rings. The molecule has 0 unspecified atom stereocenters. The largest absolute Gasteiger partial charge is 0.340 e. The first-order valence-corrected chi connectivity index (χ1v) is 8.98. The van der Waals surface area contributed by atoms with Crippen LogP contribution in [-0.4, -0.2) is 16.2 Å². The number of nitrogens with zero attached hydrogens (tertiary/aromatic N) is 2. The summed E-state index contributed by atoms with van der Waals surface area (Å²) in [4.78, 5) is 12.1. The third-order valence-electron chi connectivity index (χ3n) is 3.12. The van der Waals surface area contributed by atoms with E-state index in [1.165, 1.54) is 9.77 Å². The van der Waals surface area contributed by atoms with Crippen molar-refractivity contribution in [1.82, 2.24) is 9.97 Å². The lowest BCUT2D eigenvalue weighted by atomic mass is 10.3. The molecule has 0 saturated heterocycles. The van der Waals surface area contributed by atoms with Gasteiger partial charge in [-0.3, -0.25) is 0 Å². The summed E-state index contributed by atoms with van der Waals surface area (Å²) in [5, 5.41) is 4.64. The maximum atomic E-state index is 6.03. The fraction of sp³-hybridized carbons (Fsp3) is 0.200. The molecule has 21 heavy (non-hydrogen) atoms. The van der Waals surface area contributed by atoms with Gasteiger partial charge in [-0.25, -0.2) is 4.98 Å². The van der Waals surface area contributed by atoms with Crippen LogP contribution in [-0.2, 0) is 6.42 Å². The number of hydrogen-bond donors (Lipinski definition) is 1. The molecule has 0 amide bonds. The number of fused-ring (bicyclic) bond motifs is 1. The van der Waals surface area contributed by atoms with E-state index >= 15 is 0 Å². The first kappa shape index (κ1) is 14.6. The Hall–Kier alpha value is -1.30. The number of thiophene rings is 1. The van der Waals surface area contributed by atoms with Gasteiger partial charge in [0.2, 0.25) is 5.28 Å². The Bertz CT molecular complexity index is 768. The molecule has 0 spiro atoms. The van der Waals surface area contributed by atoms with Gasteiger partial charge in [-0.2, -0.15) is 4.98 Å². The van der Waals surface area contributed by atoms with Crippen LogP contribution in [0.3, 0.4) is 0 Å². The van der Waals surface area contributed by atoms with E-state index in [9.17, 15) is 0 Å². The summed E-state index contributed by atoms with van der Waals surface area (Å²) < 4.78 is 0. The Kier molecular flexibility index (Phi) is 4.33. The zero-order valence-corrected chi connectivity index (χ0v) is 14.1. The van der Waals surface area contributed by atoms with Gasteiger partial charge >= 0.3 is 0 Å². The molecule has 0 bridgehead atoms. The zero-order chi connectivity index (χ0) is 14.8. The molecule has 6 heteroatoms. The van der Waals surface area contributed by atoms with Gasteiger partial charge in [-0.15, -0.1) is 23.1 Å². The molecule has 3 rings (SSSR count). The molecule has 1 aromatic carbocycles. The predicted octanol–water partition coefficient (Wildman–Crippen LogP) is 5.37. The molecule has 3 aromatic rings. The first-order chi connectivity index (χ1) is 10.2. The molecule has 2 heterocycles. The van der Waals surface area contributed by atoms with E-state index in [4.69, 9.17) is 11.6 Å². The van der Waals surface area contributed by atoms with Crippen LogP contribution >= 0.6 is 34.7 Å². The van der Waals surface area contributed by atoms with Gasteiger partial charge in [0.1, 0.15) is 10.6 Å². The van der Waals surface area contributed by atoms with Gasteiger partial charge < -0.3 is 5.32 Å². The molecule has 0 aliphatic heterocycles. The molecule has 0 saturated carbocycles. The number of halogens is 1. The number of anilines is 2. The Morgan fingerprint density at radius 1 is 1.24 bits per heavy atom. The lowest BCUT2D eigenvalue weighted by Gasteiger charge is -2.07. The quantitative estimate of drug-likeness (QED) is 0.513. The fourth-order valence-corrected chi connectivity index (χ4v) is 3.62. The maximum Gasteiger partial charge on any atom is 0.225 e. The van der Waals surface area contributed by atoms with Crippen LogP contribution in [0, 0.1) is 0 Å². The van der Waals surface area contributed by atoms with Crippen LogP contribution in [0.2, 0.25) is 5.28 Å². The molecule has 0 radical (unpaired) electrons. The van der Waals surface area contributed by atoms with Crippen molar-refractivity contribution in [2.45, 2.75) is 18.2 Å². The van der Waals surface area contributed by atoms with Crippen LogP contribution < -0.4 is 5.32 Å². The predicted molar refractivity (Wildman–Crippen MR) is 93.3 cm³/mol. The van der Waals surface area contributed by atoms with Gasteiger partial charge in [-0.1, -0.05) is 6.92 Å². The van der Waals surface area contributed by atoms with E-state index in [0.717, 1.165) is 28.1 Å². The fourth-order valence-electron chi connectivity index (χ4n) is 2.03. The minimum absolute atomic E-state index is 0.273. The van der Waals surface area contributed by atoms with Crippen LogP contribution in [0.25, 0.3) is 10.2 Å². The minimum Gasteiger partial charge on any atom is -0.340 e. The van der Waals surface area contributed by atoms with Gasteiger partial charge in [-0.05, 0) is 54.6 Å². The Balaban J connectivity index is 2.00. The number of nitrogens with one attached hydrogen (secondary N) is 1. The van der Waals surface area contributed by atoms with Crippen molar-refractivity contribution in [3.63, 3.8) is 0 Å². The summed E-state index contributed by atoms with van der Waals surface area (Å²) in [7, 11) is 0. The normalized spacial score (nSPS) is 11.0. The summed E-state index contributed by atoms with van der Waals surface area (Å²) in [5.41, 5.74) is 0.994. The lowest BCUT2D eigenvalue weighted by Crippen LogP contribution is -1.95. The summed E-state index contributed by atoms with van der Waals surface area (Å²) in [6, 6.07) is 10.4. The Labute approximate surface area is 136 Å². The highest BCUT2D eigenvalue weighted by atomic mass is 35.5. The number of rotatable bonds is 4. The topological polar surface area (TPSA) is 37.8 Å². The summed E-state index contributed by atoms with van der Waals surface area (Å²) in [5.74, 6) is 0.762. The Morgan fingerprint density at radius 3 is 2.67 bits per heavy atom. The maximum absolute atomic E-state index is 6.03. The van der Waals surface area contributed by atoms with Crippen molar-refractivity contribution in [3.8, 4) is 0 Å². The number of aromatic nitrogens is 2. The standard InChI is InChI=1S/C15H14ClN3S2/c1-3-10-8-12-13(18-15(16)19-14(12)21-10)17-9-4-6-11(20-2)7-5-9/h4-8H,3H2,1-2H3,(H,17,18,19). The van der Waals surface area contributed by atoms with E-state index in [2.05, 4.69) is 46.7 Å². The highest BCUT2D eigenvalue weighted by Gasteiger charge is 2.10. The van der Waals surface area contributed by atoms with Crippen LogP contribution in [0.4, 0.5) is 11.5 Å². The molecule has 0 atom stereocenters. The lowest BCUT2D eigenvalue weighted by molar-refractivity contribution is 1.19. The van der Waals surface area contributed by atoms with Crippen LogP contribution in [0.1, 0.15) is 11.8 Å². The molecule has 3 nitrogen and oxygen atoms in total.